The Kier molecular flexibility index (Phi) is 7.64. The van der Waals surface area contributed by atoms with Gasteiger partial charge in [0.1, 0.15) is 6.10 Å². The van der Waals surface area contributed by atoms with E-state index in [0.717, 1.165) is 5.56 Å². The van der Waals surface area contributed by atoms with Gasteiger partial charge >= 0.3 is 0 Å². The Bertz CT molecular complexity index is 1310. The minimum absolute atomic E-state index is 0.0883. The van der Waals surface area contributed by atoms with Gasteiger partial charge in [-0.15, -0.1) is 0 Å². The molecular weight excluding hydrogens is 478 g/mol. The average Bonchev–Trinajstić information content (AvgIpc) is 3.14. The van der Waals surface area contributed by atoms with Gasteiger partial charge in [0.05, 0.1) is 16.3 Å². The van der Waals surface area contributed by atoms with Crippen molar-refractivity contribution < 1.29 is 17.6 Å². The van der Waals surface area contributed by atoms with Crippen LogP contribution in [0.1, 0.15) is 63.6 Å². The van der Waals surface area contributed by atoms with Crippen molar-refractivity contribution in [3.05, 3.63) is 59.7 Å². The van der Waals surface area contributed by atoms with E-state index in [1.807, 2.05) is 37.3 Å². The first-order valence-electron chi connectivity index (χ1n) is 12.0. The summed E-state index contributed by atoms with van der Waals surface area (Å²) in [4.78, 5) is 18.4. The molecule has 0 saturated heterocycles. The van der Waals surface area contributed by atoms with E-state index >= 15 is 0 Å². The predicted molar refractivity (Wildman–Crippen MR) is 145 cm³/mol. The smallest absolute Gasteiger partial charge is 0.244 e. The Morgan fingerprint density at radius 1 is 1.11 bits per heavy atom. The third-order valence-electron chi connectivity index (χ3n) is 6.64. The van der Waals surface area contributed by atoms with Crippen LogP contribution in [0.25, 0.3) is 11.0 Å². The molecule has 0 saturated carbocycles. The lowest BCUT2D eigenvalue weighted by Crippen LogP contribution is -2.43. The van der Waals surface area contributed by atoms with Crippen LogP contribution in [-0.2, 0) is 14.4 Å². The van der Waals surface area contributed by atoms with Gasteiger partial charge < -0.3 is 9.74 Å². The molecule has 3 rings (SSSR count). The van der Waals surface area contributed by atoms with E-state index in [4.69, 9.17) is 4.43 Å². The Morgan fingerprint density at radius 3 is 2.29 bits per heavy atom. The fourth-order valence-electron chi connectivity index (χ4n) is 3.47. The van der Waals surface area contributed by atoms with Crippen LogP contribution in [0.3, 0.4) is 0 Å². The molecule has 0 fully saturated rings. The standard InChI is InChI=1S/C26H37N3O4SSi/c1-9-27-25-28-21-16-15-20(17-22(21)29(25)34(31,32)18(2)3)23(30)24(19-13-11-10-12-14-19)33-35(7,8)26(4,5)6/h10-18,24H,9H2,1-8H3,(H,27,28). The molecule has 0 aliphatic carbocycles. The van der Waals surface area contributed by atoms with Gasteiger partial charge in [0.25, 0.3) is 0 Å². The lowest BCUT2D eigenvalue weighted by atomic mass is 10.00. The molecule has 0 aliphatic rings. The van der Waals surface area contributed by atoms with Crippen LogP contribution in [0.4, 0.5) is 5.95 Å². The highest BCUT2D eigenvalue weighted by atomic mass is 32.2. The van der Waals surface area contributed by atoms with E-state index in [0.29, 0.717) is 23.1 Å². The van der Waals surface area contributed by atoms with Crippen LogP contribution in [0.2, 0.25) is 18.1 Å². The highest BCUT2D eigenvalue weighted by Crippen LogP contribution is 2.40. The lowest BCUT2D eigenvalue weighted by molar-refractivity contribution is 0.0767. The number of nitrogens with one attached hydrogen (secondary N) is 1. The number of aromatic nitrogens is 2. The van der Waals surface area contributed by atoms with Gasteiger partial charge in [-0.3, -0.25) is 4.79 Å². The van der Waals surface area contributed by atoms with E-state index in [9.17, 15) is 13.2 Å². The van der Waals surface area contributed by atoms with Crippen LogP contribution in [0.5, 0.6) is 0 Å². The zero-order valence-corrected chi connectivity index (χ0v) is 23.7. The predicted octanol–water partition coefficient (Wildman–Crippen LogP) is 6.00. The van der Waals surface area contributed by atoms with Gasteiger partial charge in [-0.1, -0.05) is 51.1 Å². The number of hydrogen-bond donors (Lipinski definition) is 1. The third kappa shape index (κ3) is 5.36. The molecule has 1 atom stereocenters. The summed E-state index contributed by atoms with van der Waals surface area (Å²) in [5.41, 5.74) is 2.04. The number of fused-ring (bicyclic) bond motifs is 1. The Balaban J connectivity index is 2.17. The topological polar surface area (TPSA) is 90.3 Å². The highest BCUT2D eigenvalue weighted by molar-refractivity contribution is 7.90. The second kappa shape index (κ2) is 9.87. The number of carbonyl (C=O) groups excluding carboxylic acids is 1. The summed E-state index contributed by atoms with van der Waals surface area (Å²) in [5.74, 6) is 0.0422. The van der Waals surface area contributed by atoms with E-state index in [2.05, 4.69) is 44.2 Å². The molecule has 7 nitrogen and oxygen atoms in total. The zero-order valence-electron chi connectivity index (χ0n) is 21.9. The number of nitrogens with zero attached hydrogens (tertiary/aromatic N) is 2. The minimum atomic E-state index is -3.72. The molecule has 2 aromatic carbocycles. The highest BCUT2D eigenvalue weighted by Gasteiger charge is 2.41. The maximum absolute atomic E-state index is 13.9. The number of ketones is 1. The molecule has 1 N–H and O–H groups in total. The summed E-state index contributed by atoms with van der Waals surface area (Å²) in [6, 6.07) is 14.5. The zero-order chi connectivity index (χ0) is 26.2. The van der Waals surface area contributed by atoms with Gasteiger partial charge in [-0.25, -0.2) is 17.4 Å². The molecule has 35 heavy (non-hydrogen) atoms. The molecule has 0 bridgehead atoms. The summed E-state index contributed by atoms with van der Waals surface area (Å²) >= 11 is 0. The summed E-state index contributed by atoms with van der Waals surface area (Å²) in [6.07, 6.45) is -0.791. The average molecular weight is 516 g/mol. The Labute approximate surface area is 210 Å². The number of rotatable bonds is 9. The third-order valence-corrected chi connectivity index (χ3v) is 13.1. The number of Topliss-reactive ketones (excluding diaryl/α,β-unsaturated/α-hetero) is 1. The quantitative estimate of drug-likeness (QED) is 0.278. The van der Waals surface area contributed by atoms with Crippen molar-refractivity contribution in [3.63, 3.8) is 0 Å². The second-order valence-electron chi connectivity index (χ2n) is 10.6. The maximum Gasteiger partial charge on any atom is 0.244 e. The first-order chi connectivity index (χ1) is 16.2. The molecule has 3 aromatic rings. The SMILES string of the molecule is CCNc1nc2ccc(C(=O)C(O[Si](C)(C)C(C)(C)C)c3ccccc3)cc2n1S(=O)(=O)C(C)C. The minimum Gasteiger partial charge on any atom is -0.403 e. The number of benzene rings is 2. The molecule has 0 amide bonds. The van der Waals surface area contributed by atoms with E-state index < -0.39 is 29.7 Å². The van der Waals surface area contributed by atoms with Crippen molar-refractivity contribution >= 4 is 41.1 Å². The van der Waals surface area contributed by atoms with Crippen LogP contribution >= 0.6 is 0 Å². The summed E-state index contributed by atoms with van der Waals surface area (Å²) in [6.45, 7) is 16.3. The van der Waals surface area contributed by atoms with Crippen LogP contribution in [0.15, 0.2) is 48.5 Å². The van der Waals surface area contributed by atoms with Gasteiger partial charge in [0.2, 0.25) is 16.0 Å². The molecule has 0 radical (unpaired) electrons. The molecular formula is C26H37N3O4SSi. The van der Waals surface area contributed by atoms with Gasteiger partial charge in [0.15, 0.2) is 14.1 Å². The Hall–Kier alpha value is -2.49. The first kappa shape index (κ1) is 27.1. The fourth-order valence-corrected chi connectivity index (χ4v) is 5.84. The molecule has 0 spiro atoms. The number of carbonyl (C=O) groups is 1. The van der Waals surface area contributed by atoms with E-state index in [-0.39, 0.29) is 16.8 Å². The van der Waals surface area contributed by atoms with Crippen molar-refractivity contribution in [2.75, 3.05) is 11.9 Å². The number of hydrogen-bond acceptors (Lipinski definition) is 6. The molecule has 1 heterocycles. The molecule has 0 aliphatic heterocycles. The largest absolute Gasteiger partial charge is 0.403 e. The van der Waals surface area contributed by atoms with Crippen molar-refractivity contribution in [2.24, 2.45) is 0 Å². The van der Waals surface area contributed by atoms with Crippen LogP contribution in [0, 0.1) is 0 Å². The summed E-state index contributed by atoms with van der Waals surface area (Å²) in [5, 5.41) is 2.30. The fraction of sp³-hybridized carbons (Fsp3) is 0.462. The van der Waals surface area contributed by atoms with Crippen molar-refractivity contribution in [1.82, 2.24) is 8.96 Å². The summed E-state index contributed by atoms with van der Waals surface area (Å²) < 4.78 is 34.3. The van der Waals surface area contributed by atoms with E-state index in [1.54, 1.807) is 32.0 Å². The summed E-state index contributed by atoms with van der Waals surface area (Å²) in [7, 11) is -6.03. The van der Waals surface area contributed by atoms with Crippen LogP contribution in [-0.4, -0.2) is 43.3 Å². The maximum atomic E-state index is 13.9. The van der Waals surface area contributed by atoms with Gasteiger partial charge in [-0.05, 0) is 62.7 Å². The van der Waals surface area contributed by atoms with E-state index in [1.165, 1.54) is 3.97 Å². The van der Waals surface area contributed by atoms with Crippen molar-refractivity contribution in [2.45, 2.75) is 71.0 Å². The number of imidazole rings is 1. The Morgan fingerprint density at radius 2 is 1.74 bits per heavy atom. The number of anilines is 1. The second-order valence-corrected chi connectivity index (χ2v) is 17.7. The molecule has 1 unspecified atom stereocenters. The van der Waals surface area contributed by atoms with Crippen molar-refractivity contribution in [3.8, 4) is 0 Å². The molecule has 1 aromatic heterocycles. The molecule has 9 heteroatoms. The van der Waals surface area contributed by atoms with Gasteiger partial charge in [0, 0.05) is 12.1 Å². The molecule has 190 valence electrons. The first-order valence-corrected chi connectivity index (χ1v) is 16.4. The lowest BCUT2D eigenvalue weighted by Gasteiger charge is -2.39. The normalized spacial score (nSPS) is 13.9. The van der Waals surface area contributed by atoms with Crippen molar-refractivity contribution in [1.29, 1.82) is 0 Å². The van der Waals surface area contributed by atoms with Crippen LogP contribution < -0.4 is 5.32 Å². The monoisotopic (exact) mass is 515 g/mol. The van der Waals surface area contributed by atoms with Gasteiger partial charge in [-0.2, -0.15) is 0 Å².